The molecule has 0 saturated heterocycles. The molecule has 0 atom stereocenters. The normalized spacial score (nSPS) is 10.5. The van der Waals surface area contributed by atoms with Crippen LogP contribution in [0.5, 0.6) is 0 Å². The predicted octanol–water partition coefficient (Wildman–Crippen LogP) is 2.83. The highest BCUT2D eigenvalue weighted by Crippen LogP contribution is 2.09. The van der Waals surface area contributed by atoms with Crippen LogP contribution in [-0.4, -0.2) is 32.0 Å². The molecule has 0 aliphatic rings. The molecular weight excluding hydrogens is 415 g/mol. The molecule has 1 aromatic carbocycles. The Morgan fingerprint density at radius 2 is 2.08 bits per heavy atom. The van der Waals surface area contributed by atoms with Gasteiger partial charge in [-0.05, 0) is 37.0 Å². The van der Waals surface area contributed by atoms with Crippen LogP contribution in [0.3, 0.4) is 0 Å². The van der Waals surface area contributed by atoms with Crippen molar-refractivity contribution in [3.05, 3.63) is 29.8 Å². The Morgan fingerprint density at radius 1 is 1.33 bits per heavy atom. The lowest BCUT2D eigenvalue weighted by Crippen LogP contribution is -2.41. The van der Waals surface area contributed by atoms with Crippen molar-refractivity contribution in [3.8, 4) is 12.3 Å². The van der Waals surface area contributed by atoms with E-state index in [0.29, 0.717) is 17.6 Å². The minimum absolute atomic E-state index is 0. The Balaban J connectivity index is 0.00000529. The first-order valence-electron chi connectivity index (χ1n) is 7.86. The van der Waals surface area contributed by atoms with Crippen molar-refractivity contribution < 1.29 is 4.79 Å². The molecular formula is C18H27IN4O. The Bertz CT molecular complexity index is 579. The van der Waals surface area contributed by atoms with Gasteiger partial charge in [0.15, 0.2) is 5.96 Å². The Hall–Kier alpha value is -1.75. The van der Waals surface area contributed by atoms with Crippen molar-refractivity contribution in [2.24, 2.45) is 10.9 Å². The number of terminal acetylenes is 1. The van der Waals surface area contributed by atoms with Gasteiger partial charge >= 0.3 is 0 Å². The van der Waals surface area contributed by atoms with Crippen LogP contribution in [0.4, 0.5) is 5.69 Å². The molecule has 132 valence electrons. The van der Waals surface area contributed by atoms with Gasteiger partial charge in [0, 0.05) is 24.8 Å². The largest absolute Gasteiger partial charge is 0.356 e. The van der Waals surface area contributed by atoms with Crippen molar-refractivity contribution in [2.75, 3.05) is 25.5 Å². The molecule has 0 unspecified atom stereocenters. The fraction of sp³-hybridized carbons (Fsp3) is 0.444. The summed E-state index contributed by atoms with van der Waals surface area (Å²) in [5, 5.41) is 8.99. The number of nitrogens with zero attached hydrogens (tertiary/aromatic N) is 1. The van der Waals surface area contributed by atoms with Crippen molar-refractivity contribution in [1.29, 1.82) is 0 Å². The number of nitrogens with one attached hydrogen (secondary N) is 3. The zero-order valence-corrected chi connectivity index (χ0v) is 16.9. The number of carbonyl (C=O) groups excluding carboxylic acids is 1. The van der Waals surface area contributed by atoms with E-state index in [2.05, 4.69) is 40.7 Å². The summed E-state index contributed by atoms with van der Waals surface area (Å²) in [5.41, 5.74) is 1.42. The number of rotatable bonds is 7. The molecule has 0 aromatic heterocycles. The number of hydrogen-bond donors (Lipinski definition) is 3. The summed E-state index contributed by atoms with van der Waals surface area (Å²) in [6.07, 6.45) is 7.58. The molecule has 0 heterocycles. The van der Waals surface area contributed by atoms with Crippen LogP contribution < -0.4 is 16.0 Å². The molecule has 0 bridgehead atoms. The fourth-order valence-corrected chi connectivity index (χ4v) is 1.99. The van der Waals surface area contributed by atoms with Crippen molar-refractivity contribution in [1.82, 2.24) is 10.6 Å². The van der Waals surface area contributed by atoms with Gasteiger partial charge in [0.25, 0.3) is 0 Å². The van der Waals surface area contributed by atoms with Crippen LogP contribution in [0.15, 0.2) is 29.3 Å². The number of anilines is 1. The van der Waals surface area contributed by atoms with Gasteiger partial charge in [0.1, 0.15) is 0 Å². The standard InChI is InChI=1S/C18H26N4O.HI/c1-5-15-9-6-10-16(12-15)22-17(23)13-21-18(19-4)20-11-7-8-14(2)3;/h1,6,9-10,12,14H,7-8,11,13H2,2-4H3,(H,22,23)(H2,19,20,21);1H. The summed E-state index contributed by atoms with van der Waals surface area (Å²) in [6, 6.07) is 7.19. The summed E-state index contributed by atoms with van der Waals surface area (Å²) in [4.78, 5) is 16.0. The van der Waals surface area contributed by atoms with Crippen LogP contribution in [0.25, 0.3) is 0 Å². The molecule has 0 aliphatic carbocycles. The number of aliphatic imine (C=N–C) groups is 1. The molecule has 24 heavy (non-hydrogen) atoms. The minimum Gasteiger partial charge on any atom is -0.356 e. The molecule has 1 rings (SSSR count). The van der Waals surface area contributed by atoms with Gasteiger partial charge in [-0.25, -0.2) is 0 Å². The predicted molar refractivity (Wildman–Crippen MR) is 112 cm³/mol. The van der Waals surface area contributed by atoms with Gasteiger partial charge in [-0.2, -0.15) is 0 Å². The maximum atomic E-state index is 11.9. The van der Waals surface area contributed by atoms with Crippen LogP contribution in [0.2, 0.25) is 0 Å². The van der Waals surface area contributed by atoms with Gasteiger partial charge in [0.2, 0.25) is 5.91 Å². The maximum Gasteiger partial charge on any atom is 0.243 e. The minimum atomic E-state index is -0.149. The first-order valence-corrected chi connectivity index (χ1v) is 7.86. The van der Waals surface area contributed by atoms with Gasteiger partial charge in [-0.3, -0.25) is 9.79 Å². The first-order chi connectivity index (χ1) is 11.0. The molecule has 0 saturated carbocycles. The van der Waals surface area contributed by atoms with Crippen LogP contribution in [-0.2, 0) is 4.79 Å². The summed E-state index contributed by atoms with van der Waals surface area (Å²) >= 11 is 0. The molecule has 0 radical (unpaired) electrons. The molecule has 5 nitrogen and oxygen atoms in total. The Labute approximate surface area is 162 Å². The van der Waals surface area contributed by atoms with E-state index in [1.807, 2.05) is 12.1 Å². The quantitative estimate of drug-likeness (QED) is 0.200. The zero-order valence-electron chi connectivity index (χ0n) is 14.6. The van der Waals surface area contributed by atoms with E-state index in [4.69, 9.17) is 6.42 Å². The average molecular weight is 442 g/mol. The summed E-state index contributed by atoms with van der Waals surface area (Å²) < 4.78 is 0. The van der Waals surface area contributed by atoms with Crippen molar-refractivity contribution >= 4 is 41.5 Å². The van der Waals surface area contributed by atoms with E-state index in [1.54, 1.807) is 19.2 Å². The summed E-state index contributed by atoms with van der Waals surface area (Å²) in [5.74, 6) is 3.71. The summed E-state index contributed by atoms with van der Waals surface area (Å²) in [7, 11) is 1.69. The van der Waals surface area contributed by atoms with E-state index in [1.165, 1.54) is 0 Å². The number of benzene rings is 1. The molecule has 0 aliphatic heterocycles. The van der Waals surface area contributed by atoms with Crippen LogP contribution >= 0.6 is 24.0 Å². The highest BCUT2D eigenvalue weighted by atomic mass is 127. The van der Waals surface area contributed by atoms with Gasteiger partial charge in [0.05, 0.1) is 6.54 Å². The molecule has 1 amide bonds. The fourth-order valence-electron chi connectivity index (χ4n) is 1.99. The SMILES string of the molecule is C#Cc1cccc(NC(=O)CNC(=NC)NCCCC(C)C)c1.I. The summed E-state index contributed by atoms with van der Waals surface area (Å²) in [6.45, 7) is 5.38. The van der Waals surface area contributed by atoms with Crippen molar-refractivity contribution in [3.63, 3.8) is 0 Å². The number of hydrogen-bond acceptors (Lipinski definition) is 2. The van der Waals surface area contributed by atoms with Gasteiger partial charge < -0.3 is 16.0 Å². The highest BCUT2D eigenvalue weighted by molar-refractivity contribution is 14.0. The van der Waals surface area contributed by atoms with E-state index in [9.17, 15) is 4.79 Å². The van der Waals surface area contributed by atoms with E-state index >= 15 is 0 Å². The molecule has 3 N–H and O–H groups in total. The number of amides is 1. The monoisotopic (exact) mass is 442 g/mol. The van der Waals surface area contributed by atoms with E-state index in [0.717, 1.165) is 24.9 Å². The van der Waals surface area contributed by atoms with Gasteiger partial charge in [-0.1, -0.05) is 25.8 Å². The van der Waals surface area contributed by atoms with Gasteiger partial charge in [-0.15, -0.1) is 30.4 Å². The highest BCUT2D eigenvalue weighted by Gasteiger charge is 2.04. The van der Waals surface area contributed by atoms with Crippen molar-refractivity contribution in [2.45, 2.75) is 26.7 Å². The lowest BCUT2D eigenvalue weighted by molar-refractivity contribution is -0.115. The number of halogens is 1. The average Bonchev–Trinajstić information content (AvgIpc) is 2.54. The Kier molecular flexibility index (Phi) is 11.7. The second-order valence-electron chi connectivity index (χ2n) is 5.66. The number of carbonyl (C=O) groups is 1. The third-order valence-corrected chi connectivity index (χ3v) is 3.20. The first kappa shape index (κ1) is 22.2. The molecule has 1 aromatic rings. The molecule has 0 spiro atoms. The lowest BCUT2D eigenvalue weighted by Gasteiger charge is -2.12. The topological polar surface area (TPSA) is 65.5 Å². The van der Waals surface area contributed by atoms with Crippen LogP contribution in [0, 0.1) is 18.3 Å². The third kappa shape index (κ3) is 9.40. The number of guanidine groups is 1. The van der Waals surface area contributed by atoms with Crippen LogP contribution in [0.1, 0.15) is 32.3 Å². The van der Waals surface area contributed by atoms with E-state index in [-0.39, 0.29) is 36.4 Å². The third-order valence-electron chi connectivity index (χ3n) is 3.20. The molecule has 0 fully saturated rings. The lowest BCUT2D eigenvalue weighted by atomic mass is 10.1. The maximum absolute atomic E-state index is 11.9. The second-order valence-corrected chi connectivity index (χ2v) is 5.66. The second kappa shape index (κ2) is 12.6. The smallest absolute Gasteiger partial charge is 0.243 e. The Morgan fingerprint density at radius 3 is 2.71 bits per heavy atom. The zero-order chi connectivity index (χ0) is 17.1. The van der Waals surface area contributed by atoms with E-state index < -0.39 is 0 Å². The molecule has 6 heteroatoms.